The van der Waals surface area contributed by atoms with Crippen LogP contribution in [0.2, 0.25) is 0 Å². The number of hydrogen-bond acceptors (Lipinski definition) is 5. The molecule has 3 saturated carbocycles. The van der Waals surface area contributed by atoms with Crippen LogP contribution in [0.4, 0.5) is 27.6 Å². The number of halogens is 5. The summed E-state index contributed by atoms with van der Waals surface area (Å²) in [6, 6.07) is 4.93. The van der Waals surface area contributed by atoms with Crippen LogP contribution in [0.3, 0.4) is 0 Å². The van der Waals surface area contributed by atoms with Gasteiger partial charge in [0.25, 0.3) is 5.91 Å². The summed E-state index contributed by atoms with van der Waals surface area (Å²) < 4.78 is 79.2. The summed E-state index contributed by atoms with van der Waals surface area (Å²) in [7, 11) is 0. The second-order valence-electron chi connectivity index (χ2n) is 12.3. The van der Waals surface area contributed by atoms with Crippen molar-refractivity contribution in [2.45, 2.75) is 56.3 Å². The van der Waals surface area contributed by atoms with Gasteiger partial charge in [-0.15, -0.1) is 0 Å². The normalized spacial score (nSPS) is 25.7. The Kier molecular flexibility index (Phi) is 6.47. The van der Waals surface area contributed by atoms with E-state index in [0.717, 1.165) is 60.9 Å². The monoisotopic (exact) mass is 587 g/mol. The van der Waals surface area contributed by atoms with E-state index in [9.17, 15) is 23.1 Å². The molecule has 0 radical (unpaired) electrons. The van der Waals surface area contributed by atoms with Crippen LogP contribution in [-0.2, 0) is 16.6 Å². The van der Waals surface area contributed by atoms with E-state index in [-0.39, 0.29) is 29.6 Å². The Morgan fingerprint density at radius 3 is 2.19 bits per heavy atom. The molecule has 2 aromatic carbocycles. The first-order valence-electron chi connectivity index (χ1n) is 14.4. The van der Waals surface area contributed by atoms with Gasteiger partial charge in [-0.05, 0) is 80.5 Å². The zero-order valence-electron chi connectivity index (χ0n) is 22.7. The molecule has 7 rings (SSSR count). The number of carbonyl (C=O) groups is 1. The molecule has 11 heteroatoms. The van der Waals surface area contributed by atoms with Gasteiger partial charge in [0.15, 0.2) is 0 Å². The molecule has 6 nitrogen and oxygen atoms in total. The zero-order chi connectivity index (χ0) is 29.4. The fraction of sp³-hybridized carbons (Fsp3) is 0.484. The predicted molar refractivity (Wildman–Crippen MR) is 142 cm³/mol. The average Bonchev–Trinajstić information content (AvgIpc) is 3.84. The Morgan fingerprint density at radius 1 is 1.00 bits per heavy atom. The van der Waals surface area contributed by atoms with Gasteiger partial charge >= 0.3 is 6.18 Å². The number of rotatable bonds is 9. The molecule has 42 heavy (non-hydrogen) atoms. The van der Waals surface area contributed by atoms with Crippen LogP contribution in [0.1, 0.15) is 55.2 Å². The van der Waals surface area contributed by atoms with Gasteiger partial charge in [-0.25, -0.2) is 13.8 Å². The van der Waals surface area contributed by atoms with Crippen molar-refractivity contribution >= 4 is 11.6 Å². The molecule has 4 aliphatic rings. The molecule has 0 saturated heterocycles. The maximum absolute atomic E-state index is 15.1. The highest BCUT2D eigenvalue weighted by atomic mass is 19.4. The molecule has 1 aromatic heterocycles. The second kappa shape index (κ2) is 9.87. The van der Waals surface area contributed by atoms with Crippen LogP contribution in [0, 0.1) is 29.4 Å². The number of hydrogen-bond donors (Lipinski definition) is 1. The summed E-state index contributed by atoms with van der Waals surface area (Å²) in [5.41, 5.74) is -6.96. The van der Waals surface area contributed by atoms with E-state index in [0.29, 0.717) is 12.1 Å². The van der Waals surface area contributed by atoms with Crippen LogP contribution in [0.5, 0.6) is 0 Å². The van der Waals surface area contributed by atoms with E-state index in [2.05, 4.69) is 9.88 Å². The topological polar surface area (TPSA) is 69.8 Å². The largest absolute Gasteiger partial charge is 0.445 e. The van der Waals surface area contributed by atoms with Crippen molar-refractivity contribution in [3.63, 3.8) is 0 Å². The predicted octanol–water partition coefficient (Wildman–Crippen LogP) is 6.12. The molecule has 1 aliphatic heterocycles. The molecule has 1 amide bonds. The summed E-state index contributed by atoms with van der Waals surface area (Å²) in [4.78, 5) is 21.5. The van der Waals surface area contributed by atoms with Crippen LogP contribution in [-0.4, -0.2) is 46.6 Å². The summed E-state index contributed by atoms with van der Waals surface area (Å²) >= 11 is 0. The fourth-order valence-electron chi connectivity index (χ4n) is 6.64. The van der Waals surface area contributed by atoms with E-state index in [1.165, 1.54) is 44.2 Å². The molecule has 1 N–H and O–H groups in total. The molecule has 3 aliphatic carbocycles. The summed E-state index contributed by atoms with van der Waals surface area (Å²) in [6.45, 7) is 2.09. The number of fused-ring (bicyclic) bond motifs is 1. The second-order valence-corrected chi connectivity index (χ2v) is 12.3. The maximum atomic E-state index is 15.1. The number of nitrogens with zero attached hydrogens (tertiary/aromatic N) is 3. The molecule has 0 bridgehead atoms. The minimum Gasteiger partial charge on any atom is -0.445 e. The third-order valence-corrected chi connectivity index (χ3v) is 9.18. The minimum atomic E-state index is -5.08. The van der Waals surface area contributed by atoms with Gasteiger partial charge in [0.1, 0.15) is 17.9 Å². The Bertz CT molecular complexity index is 1480. The fourth-order valence-corrected chi connectivity index (χ4v) is 6.64. The van der Waals surface area contributed by atoms with Crippen molar-refractivity contribution in [2.24, 2.45) is 17.8 Å². The van der Waals surface area contributed by atoms with Gasteiger partial charge in [-0.1, -0.05) is 6.07 Å². The summed E-state index contributed by atoms with van der Waals surface area (Å²) in [5, 5.41) is 11.8. The van der Waals surface area contributed by atoms with Gasteiger partial charge in [0.2, 0.25) is 11.5 Å². The first-order valence-corrected chi connectivity index (χ1v) is 14.4. The van der Waals surface area contributed by atoms with E-state index in [4.69, 9.17) is 4.42 Å². The van der Waals surface area contributed by atoms with Gasteiger partial charge < -0.3 is 14.4 Å². The van der Waals surface area contributed by atoms with E-state index in [1.54, 1.807) is 0 Å². The molecular formula is C31H30F5N3O3. The highest BCUT2D eigenvalue weighted by molar-refractivity contribution is 6.10. The first kappa shape index (κ1) is 27.5. The van der Waals surface area contributed by atoms with Gasteiger partial charge in [0.05, 0.1) is 23.0 Å². The van der Waals surface area contributed by atoms with Crippen molar-refractivity contribution in [1.29, 1.82) is 0 Å². The molecular weight excluding hydrogens is 557 g/mol. The third-order valence-electron chi connectivity index (χ3n) is 9.18. The Morgan fingerprint density at radius 2 is 1.64 bits per heavy atom. The number of aliphatic hydroxyl groups is 1. The lowest BCUT2D eigenvalue weighted by Gasteiger charge is -2.44. The first-order chi connectivity index (χ1) is 20.0. The van der Waals surface area contributed by atoms with Crippen molar-refractivity contribution in [3.8, 4) is 11.5 Å². The number of anilines is 1. The summed E-state index contributed by atoms with van der Waals surface area (Å²) in [5.74, 6) is -2.59. The molecule has 1 atom stereocenters. The number of amides is 1. The average molecular weight is 588 g/mol. The lowest BCUT2D eigenvalue weighted by atomic mass is 9.78. The SMILES string of the molecule is O=C1N(C[C@H]2C[C@H](N(CC3CC3)CC3CC3)C2)c2cc(-c3ncco3)cc(C(F)(F)F)c2C1(O)c1c(F)cccc1F. The lowest BCUT2D eigenvalue weighted by Crippen LogP contribution is -2.51. The van der Waals surface area contributed by atoms with E-state index in [1.807, 2.05) is 0 Å². The molecule has 2 heterocycles. The quantitative estimate of drug-likeness (QED) is 0.306. The standard InChI is InChI=1S/C31H30F5N3O3/c32-23-2-1-3-24(33)27(23)30(41)26-22(31(34,35)36)12-20(28-37-8-9-42-28)13-25(26)39(29(30)40)16-19-10-21(11-19)38(14-17-4-5-17)15-18-6-7-18/h1-3,8-9,12-13,17-19,21,41H,4-7,10-11,14-16H2/t19-,21-,30?. The Hall–Kier alpha value is -3.31. The van der Waals surface area contributed by atoms with E-state index < -0.39 is 46.0 Å². The maximum Gasteiger partial charge on any atom is 0.416 e. The van der Waals surface area contributed by atoms with Crippen LogP contribution in [0.25, 0.3) is 11.5 Å². The number of carbonyl (C=O) groups excluding carboxylic acids is 1. The number of oxazole rings is 1. The summed E-state index contributed by atoms with van der Waals surface area (Å²) in [6.07, 6.45) is 3.82. The van der Waals surface area contributed by atoms with Crippen LogP contribution in [0.15, 0.2) is 47.2 Å². The van der Waals surface area contributed by atoms with Gasteiger partial charge in [-0.2, -0.15) is 13.2 Å². The Balaban J connectivity index is 1.28. The molecule has 1 unspecified atom stereocenters. The highest BCUT2D eigenvalue weighted by Crippen LogP contribution is 2.53. The molecule has 3 aromatic rings. The van der Waals surface area contributed by atoms with Crippen molar-refractivity contribution in [3.05, 3.63) is 71.1 Å². The highest BCUT2D eigenvalue weighted by Gasteiger charge is 2.58. The van der Waals surface area contributed by atoms with Crippen LogP contribution < -0.4 is 4.90 Å². The van der Waals surface area contributed by atoms with Gasteiger partial charge in [-0.3, -0.25) is 9.69 Å². The number of benzene rings is 2. The molecule has 3 fully saturated rings. The zero-order valence-corrected chi connectivity index (χ0v) is 22.7. The van der Waals surface area contributed by atoms with Crippen LogP contribution >= 0.6 is 0 Å². The lowest BCUT2D eigenvalue weighted by molar-refractivity contribution is -0.142. The van der Waals surface area contributed by atoms with E-state index >= 15 is 8.78 Å². The molecule has 222 valence electrons. The number of alkyl halides is 3. The van der Waals surface area contributed by atoms with Crippen molar-refractivity contribution in [2.75, 3.05) is 24.5 Å². The third kappa shape index (κ3) is 4.70. The number of aromatic nitrogens is 1. The van der Waals surface area contributed by atoms with Gasteiger partial charge in [0, 0.05) is 36.8 Å². The van der Waals surface area contributed by atoms with Crippen molar-refractivity contribution in [1.82, 2.24) is 9.88 Å². The Labute approximate surface area is 239 Å². The minimum absolute atomic E-state index is 0.00768. The van der Waals surface area contributed by atoms with Crippen molar-refractivity contribution < 1.29 is 36.3 Å². The molecule has 0 spiro atoms. The smallest absolute Gasteiger partial charge is 0.416 e.